The van der Waals surface area contributed by atoms with E-state index in [4.69, 9.17) is 0 Å². The highest BCUT2D eigenvalue weighted by Crippen LogP contribution is 2.28. The van der Waals surface area contributed by atoms with Crippen molar-refractivity contribution in [2.24, 2.45) is 7.05 Å². The van der Waals surface area contributed by atoms with Crippen LogP contribution >= 0.6 is 0 Å². The fourth-order valence-electron chi connectivity index (χ4n) is 2.45. The Morgan fingerprint density at radius 3 is 2.86 bits per heavy atom. The van der Waals surface area contributed by atoms with Crippen LogP contribution in [0.2, 0.25) is 0 Å². The van der Waals surface area contributed by atoms with E-state index in [0.717, 1.165) is 22.2 Å². The molecule has 6 heteroatoms. The summed E-state index contributed by atoms with van der Waals surface area (Å²) in [6.45, 7) is 0. The van der Waals surface area contributed by atoms with E-state index < -0.39 is 11.4 Å². The van der Waals surface area contributed by atoms with Crippen LogP contribution in [0.5, 0.6) is 0 Å². The summed E-state index contributed by atoms with van der Waals surface area (Å²) in [5, 5.41) is 1.44. The summed E-state index contributed by atoms with van der Waals surface area (Å²) in [7, 11) is 1.73. The third kappa shape index (κ3) is 2.70. The fraction of sp³-hybridized carbons (Fsp3) is 0.125. The summed E-state index contributed by atoms with van der Waals surface area (Å²) in [6.07, 6.45) is 6.70. The summed E-state index contributed by atoms with van der Waals surface area (Å²) < 4.78 is 15.8. The normalized spacial score (nSPS) is 12.3. The van der Waals surface area contributed by atoms with Crippen molar-refractivity contribution in [3.05, 3.63) is 59.3 Å². The highest BCUT2D eigenvalue weighted by Gasteiger charge is 2.10. The van der Waals surface area contributed by atoms with E-state index in [9.17, 15) is 9.35 Å². The minimum atomic E-state index is -1.13. The van der Waals surface area contributed by atoms with Crippen molar-refractivity contribution in [1.29, 1.82) is 0 Å². The van der Waals surface area contributed by atoms with E-state index in [0.29, 0.717) is 5.39 Å². The lowest BCUT2D eigenvalue weighted by Crippen LogP contribution is -2.16. The summed E-state index contributed by atoms with van der Waals surface area (Å²) >= 11 is -1.13. The molecule has 112 valence electrons. The standard InChI is InChI=1S/C16H15N3O2S/c1-19-10-15(14-9-17-7-6-13(14)16(19)20)11-4-3-5-12(8-11)18-22(2)21/h3-10,18H,1-2H3. The minimum Gasteiger partial charge on any atom is -0.593 e. The van der Waals surface area contributed by atoms with Crippen molar-refractivity contribution >= 4 is 27.8 Å². The Labute approximate surface area is 130 Å². The summed E-state index contributed by atoms with van der Waals surface area (Å²) in [5.74, 6) is 0. The molecule has 0 fully saturated rings. The lowest BCUT2D eigenvalue weighted by molar-refractivity contribution is 0.605. The molecule has 0 aliphatic rings. The number of aromatic nitrogens is 2. The van der Waals surface area contributed by atoms with E-state index in [1.54, 1.807) is 42.5 Å². The molecular formula is C16H15N3O2S. The van der Waals surface area contributed by atoms with Gasteiger partial charge in [0.2, 0.25) is 0 Å². The molecule has 3 aromatic rings. The van der Waals surface area contributed by atoms with E-state index in [1.165, 1.54) is 0 Å². The average Bonchev–Trinajstić information content (AvgIpc) is 2.50. The number of hydrogen-bond donors (Lipinski definition) is 1. The predicted octanol–water partition coefficient (Wildman–Crippen LogP) is 2.31. The first-order chi connectivity index (χ1) is 10.6. The molecule has 1 aromatic carbocycles. The largest absolute Gasteiger partial charge is 0.593 e. The Kier molecular flexibility index (Phi) is 3.87. The average molecular weight is 313 g/mol. The molecule has 0 saturated carbocycles. The number of nitrogens with one attached hydrogen (secondary N) is 1. The third-order valence-electron chi connectivity index (χ3n) is 3.42. The Bertz CT molecular complexity index is 890. The van der Waals surface area contributed by atoms with Crippen molar-refractivity contribution in [3.8, 4) is 11.1 Å². The molecule has 2 aromatic heterocycles. The van der Waals surface area contributed by atoms with Crippen LogP contribution in [0.3, 0.4) is 0 Å². The van der Waals surface area contributed by atoms with E-state index >= 15 is 0 Å². The van der Waals surface area contributed by atoms with Crippen molar-refractivity contribution in [3.63, 3.8) is 0 Å². The maximum Gasteiger partial charge on any atom is 0.258 e. The Morgan fingerprint density at radius 2 is 2.09 bits per heavy atom. The lowest BCUT2D eigenvalue weighted by Gasteiger charge is -2.11. The van der Waals surface area contributed by atoms with Crippen molar-refractivity contribution < 1.29 is 4.55 Å². The summed E-state index contributed by atoms with van der Waals surface area (Å²) in [6, 6.07) is 9.33. The van der Waals surface area contributed by atoms with Gasteiger partial charge in [0.25, 0.3) is 5.56 Å². The van der Waals surface area contributed by atoms with E-state index in [2.05, 4.69) is 9.71 Å². The minimum absolute atomic E-state index is 0.0508. The Balaban J connectivity index is 2.22. The van der Waals surface area contributed by atoms with Gasteiger partial charge in [0.05, 0.1) is 22.4 Å². The van der Waals surface area contributed by atoms with Gasteiger partial charge in [0.1, 0.15) is 6.26 Å². The summed E-state index contributed by atoms with van der Waals surface area (Å²) in [5.41, 5.74) is 2.56. The van der Waals surface area contributed by atoms with Crippen LogP contribution < -0.4 is 10.3 Å². The van der Waals surface area contributed by atoms with Gasteiger partial charge in [-0.2, -0.15) is 0 Å². The first kappa shape index (κ1) is 14.6. The molecule has 1 N–H and O–H groups in total. The van der Waals surface area contributed by atoms with Crippen LogP contribution in [0.25, 0.3) is 21.9 Å². The van der Waals surface area contributed by atoms with Crippen LogP contribution in [0, 0.1) is 0 Å². The maximum atomic E-state index is 12.2. The second kappa shape index (κ2) is 5.82. The second-order valence-corrected chi connectivity index (χ2v) is 6.13. The van der Waals surface area contributed by atoms with Crippen LogP contribution in [0.15, 0.2) is 53.7 Å². The fourth-order valence-corrected chi connectivity index (χ4v) is 2.91. The molecule has 0 radical (unpaired) electrons. The molecule has 3 rings (SSSR count). The van der Waals surface area contributed by atoms with Crippen LogP contribution in [-0.2, 0) is 18.4 Å². The maximum absolute atomic E-state index is 12.2. The topological polar surface area (TPSA) is 70.0 Å². The molecule has 0 aliphatic heterocycles. The molecular weight excluding hydrogens is 298 g/mol. The van der Waals surface area contributed by atoms with Gasteiger partial charge in [0, 0.05) is 36.6 Å². The number of hydrogen-bond acceptors (Lipinski definition) is 4. The number of nitrogens with zero attached hydrogens (tertiary/aromatic N) is 2. The zero-order valence-electron chi connectivity index (χ0n) is 12.2. The first-order valence-electron chi connectivity index (χ1n) is 6.70. The van der Waals surface area contributed by atoms with Crippen molar-refractivity contribution in [2.45, 2.75) is 0 Å². The highest BCUT2D eigenvalue weighted by atomic mass is 32.2. The molecule has 0 aliphatic carbocycles. The van der Waals surface area contributed by atoms with Gasteiger partial charge in [-0.05, 0) is 23.8 Å². The molecule has 22 heavy (non-hydrogen) atoms. The third-order valence-corrected chi connectivity index (χ3v) is 3.94. The number of fused-ring (bicyclic) bond motifs is 1. The van der Waals surface area contributed by atoms with Gasteiger partial charge in [-0.15, -0.1) is 0 Å². The Morgan fingerprint density at radius 1 is 1.27 bits per heavy atom. The van der Waals surface area contributed by atoms with Gasteiger partial charge < -0.3 is 9.12 Å². The number of benzene rings is 1. The molecule has 0 saturated heterocycles. The molecule has 0 bridgehead atoms. The molecule has 0 spiro atoms. The quantitative estimate of drug-likeness (QED) is 0.753. The van der Waals surface area contributed by atoms with Gasteiger partial charge in [-0.25, -0.2) is 4.72 Å². The smallest absolute Gasteiger partial charge is 0.258 e. The number of anilines is 1. The van der Waals surface area contributed by atoms with Crippen LogP contribution in [0.4, 0.5) is 5.69 Å². The highest BCUT2D eigenvalue weighted by molar-refractivity contribution is 7.92. The van der Waals surface area contributed by atoms with Gasteiger partial charge in [-0.3, -0.25) is 9.78 Å². The molecule has 5 nitrogen and oxygen atoms in total. The Hall–Kier alpha value is -2.31. The number of pyridine rings is 2. The van der Waals surface area contributed by atoms with Crippen molar-refractivity contribution in [1.82, 2.24) is 9.55 Å². The van der Waals surface area contributed by atoms with Gasteiger partial charge >= 0.3 is 0 Å². The molecule has 0 amide bonds. The second-order valence-electron chi connectivity index (χ2n) is 5.02. The molecule has 1 unspecified atom stereocenters. The lowest BCUT2D eigenvalue weighted by atomic mass is 10.0. The van der Waals surface area contributed by atoms with Gasteiger partial charge in [0.15, 0.2) is 0 Å². The van der Waals surface area contributed by atoms with E-state index in [-0.39, 0.29) is 5.56 Å². The number of aryl methyl sites for hydroxylation is 1. The first-order valence-corrected chi connectivity index (χ1v) is 8.26. The molecule has 1 atom stereocenters. The summed E-state index contributed by atoms with van der Waals surface area (Å²) in [4.78, 5) is 16.3. The van der Waals surface area contributed by atoms with E-state index in [1.807, 2.05) is 24.3 Å². The zero-order valence-corrected chi connectivity index (χ0v) is 13.1. The molecule has 2 heterocycles. The van der Waals surface area contributed by atoms with Crippen LogP contribution in [-0.4, -0.2) is 20.4 Å². The van der Waals surface area contributed by atoms with Gasteiger partial charge in [-0.1, -0.05) is 12.1 Å². The number of rotatable bonds is 3. The zero-order chi connectivity index (χ0) is 15.7. The SMILES string of the molecule is Cn1cc(-c2cccc(N[S+](C)[O-])c2)c2cnccc2c1=O. The predicted molar refractivity (Wildman–Crippen MR) is 90.1 cm³/mol. The monoisotopic (exact) mass is 313 g/mol. The van der Waals surface area contributed by atoms with Crippen LogP contribution in [0.1, 0.15) is 0 Å². The van der Waals surface area contributed by atoms with Crippen molar-refractivity contribution in [2.75, 3.05) is 11.0 Å².